The molecule has 0 radical (unpaired) electrons. The van der Waals surface area contributed by atoms with Crippen molar-refractivity contribution in [1.82, 2.24) is 19.9 Å². The third-order valence-electron chi connectivity index (χ3n) is 5.80. The average molecular weight is 657 g/mol. The Balaban J connectivity index is 0.000000195. The van der Waals surface area contributed by atoms with Crippen molar-refractivity contribution in [2.24, 2.45) is 0 Å². The molecule has 0 unspecified atom stereocenters. The molecule has 10 nitrogen and oxygen atoms in total. The molecule has 2 aromatic heterocycles. The molecule has 15 heteroatoms. The fraction of sp³-hybridized carbons (Fsp3) is 0.231. The van der Waals surface area contributed by atoms with Gasteiger partial charge in [0.1, 0.15) is 11.0 Å². The molecule has 5 rings (SSSR count). The van der Waals surface area contributed by atoms with Gasteiger partial charge in [-0.2, -0.15) is 0 Å². The van der Waals surface area contributed by atoms with Crippen molar-refractivity contribution < 1.29 is 21.6 Å². The number of nitrogens with zero attached hydrogens (tertiary/aromatic N) is 5. The Morgan fingerprint density at radius 2 is 1.17 bits per heavy atom. The first kappa shape index (κ1) is 31.1. The lowest BCUT2D eigenvalue weighted by molar-refractivity contribution is 0.122. The van der Waals surface area contributed by atoms with E-state index in [0.717, 1.165) is 19.3 Å². The van der Waals surface area contributed by atoms with Crippen molar-refractivity contribution in [3.8, 4) is 22.5 Å². The molecule has 216 valence electrons. The highest BCUT2D eigenvalue weighted by molar-refractivity contribution is 7.91. The second-order valence-corrected chi connectivity index (χ2v) is 14.0. The Hall–Kier alpha value is -2.87. The summed E-state index contributed by atoms with van der Waals surface area (Å²) in [4.78, 5) is 18.8. The summed E-state index contributed by atoms with van der Waals surface area (Å²) in [5.41, 5.74) is 2.37. The highest BCUT2D eigenvalue weighted by Crippen LogP contribution is 2.26. The van der Waals surface area contributed by atoms with Gasteiger partial charge in [0.2, 0.25) is 10.6 Å². The Kier molecular flexibility index (Phi) is 9.83. The van der Waals surface area contributed by atoms with Crippen molar-refractivity contribution >= 4 is 60.3 Å². The van der Waals surface area contributed by atoms with E-state index in [4.69, 9.17) is 39.5 Å². The molecule has 41 heavy (non-hydrogen) atoms. The Morgan fingerprint density at radius 3 is 1.66 bits per heavy atom. The molecule has 0 N–H and O–H groups in total. The van der Waals surface area contributed by atoms with E-state index in [1.54, 1.807) is 36.4 Å². The molecule has 3 heterocycles. The van der Waals surface area contributed by atoms with E-state index >= 15 is 0 Å². The number of hydrogen-bond donors (Lipinski definition) is 0. The highest BCUT2D eigenvalue weighted by Gasteiger charge is 2.16. The monoisotopic (exact) mass is 655 g/mol. The quantitative estimate of drug-likeness (QED) is 0.216. The minimum atomic E-state index is -3.28. The summed E-state index contributed by atoms with van der Waals surface area (Å²) in [5.74, 6) is 0.716. The van der Waals surface area contributed by atoms with Crippen molar-refractivity contribution in [2.75, 3.05) is 43.7 Å². The predicted octanol–water partition coefficient (Wildman–Crippen LogP) is 4.89. The van der Waals surface area contributed by atoms with Crippen LogP contribution < -0.4 is 4.90 Å². The number of rotatable bonds is 5. The first-order chi connectivity index (χ1) is 19.3. The maximum absolute atomic E-state index is 11.7. The number of benzene rings is 2. The Bertz CT molecular complexity index is 1760. The van der Waals surface area contributed by atoms with Crippen molar-refractivity contribution in [3.63, 3.8) is 0 Å². The van der Waals surface area contributed by atoms with Crippen molar-refractivity contribution in [3.05, 3.63) is 76.4 Å². The third-order valence-corrected chi connectivity index (χ3v) is 8.56. The van der Waals surface area contributed by atoms with Gasteiger partial charge in [0.25, 0.3) is 0 Å². The average Bonchev–Trinajstić information content (AvgIpc) is 2.92. The summed E-state index contributed by atoms with van der Waals surface area (Å²) in [7, 11) is -6.54. The molecule has 0 saturated carbocycles. The van der Waals surface area contributed by atoms with Crippen LogP contribution in [-0.2, 0) is 24.4 Å². The van der Waals surface area contributed by atoms with Crippen LogP contribution in [0, 0.1) is 0 Å². The molecule has 1 saturated heterocycles. The van der Waals surface area contributed by atoms with Crippen LogP contribution in [0.1, 0.15) is 0 Å². The van der Waals surface area contributed by atoms with E-state index < -0.39 is 19.7 Å². The van der Waals surface area contributed by atoms with Gasteiger partial charge in [-0.25, -0.2) is 36.8 Å². The number of halogens is 3. The number of morpholine rings is 1. The van der Waals surface area contributed by atoms with Gasteiger partial charge in [0.05, 0.1) is 34.4 Å². The summed E-state index contributed by atoms with van der Waals surface area (Å²) in [6, 6.07) is 16.4. The standard InChI is InChI=1S/C15H16ClN3O3S.C11H8Cl2N2O2S/c1-23(20,21)12-4-2-3-11(9-12)13-10-14(18-15(16)17-13)19-5-7-22-8-6-19;1-18(16,17)8-4-2-3-7(5-8)9-6-10(12)15-11(13)14-9/h2-4,9-10H,5-8H2,1H3;2-6H,1H3. The normalized spacial score (nSPS) is 13.8. The van der Waals surface area contributed by atoms with E-state index in [9.17, 15) is 16.8 Å². The van der Waals surface area contributed by atoms with Crippen molar-refractivity contribution in [1.29, 1.82) is 0 Å². The fourth-order valence-corrected chi connectivity index (χ4v) is 5.74. The summed E-state index contributed by atoms with van der Waals surface area (Å²) >= 11 is 17.5. The lowest BCUT2D eigenvalue weighted by Gasteiger charge is -2.28. The van der Waals surface area contributed by atoms with E-state index in [1.807, 2.05) is 6.07 Å². The molecule has 0 amide bonds. The molecule has 0 bridgehead atoms. The van der Waals surface area contributed by atoms with Gasteiger partial charge in [-0.1, -0.05) is 35.9 Å². The lowest BCUT2D eigenvalue weighted by atomic mass is 10.1. The molecule has 1 aliphatic heterocycles. The zero-order valence-electron chi connectivity index (χ0n) is 21.8. The van der Waals surface area contributed by atoms with E-state index in [2.05, 4.69) is 24.8 Å². The summed E-state index contributed by atoms with van der Waals surface area (Å²) in [6.07, 6.45) is 2.32. The summed E-state index contributed by atoms with van der Waals surface area (Å²) < 4.78 is 51.7. The van der Waals surface area contributed by atoms with Crippen molar-refractivity contribution in [2.45, 2.75) is 9.79 Å². The second kappa shape index (κ2) is 13.0. The Labute approximate surface area is 253 Å². The zero-order chi connectivity index (χ0) is 29.8. The number of hydrogen-bond acceptors (Lipinski definition) is 10. The van der Waals surface area contributed by atoms with E-state index in [1.165, 1.54) is 24.5 Å². The highest BCUT2D eigenvalue weighted by atomic mass is 35.5. The maximum atomic E-state index is 11.7. The summed E-state index contributed by atoms with van der Waals surface area (Å²) in [6.45, 7) is 2.74. The minimum Gasteiger partial charge on any atom is -0.378 e. The van der Waals surface area contributed by atoms with Gasteiger partial charge in [0.15, 0.2) is 19.7 Å². The van der Waals surface area contributed by atoms with Gasteiger partial charge in [-0.15, -0.1) is 0 Å². The molecule has 2 aromatic carbocycles. The topological polar surface area (TPSA) is 132 Å². The molecule has 4 aromatic rings. The van der Waals surface area contributed by atoms with Crippen LogP contribution >= 0.6 is 34.8 Å². The van der Waals surface area contributed by atoms with Crippen LogP contribution in [0.4, 0.5) is 5.82 Å². The lowest BCUT2D eigenvalue weighted by Crippen LogP contribution is -2.36. The van der Waals surface area contributed by atoms with Crippen LogP contribution in [0.3, 0.4) is 0 Å². The van der Waals surface area contributed by atoms with Crippen LogP contribution in [0.5, 0.6) is 0 Å². The van der Waals surface area contributed by atoms with Gasteiger partial charge < -0.3 is 9.64 Å². The van der Waals surface area contributed by atoms with E-state index in [0.29, 0.717) is 41.5 Å². The number of aromatic nitrogens is 4. The fourth-order valence-electron chi connectivity index (χ4n) is 3.82. The number of ether oxygens (including phenoxy) is 1. The molecule has 0 atom stereocenters. The zero-order valence-corrected chi connectivity index (χ0v) is 25.7. The van der Waals surface area contributed by atoms with Gasteiger partial charge >= 0.3 is 0 Å². The molecule has 1 aliphatic rings. The second-order valence-electron chi connectivity index (χ2n) is 8.92. The van der Waals surface area contributed by atoms with E-state index in [-0.39, 0.29) is 25.5 Å². The largest absolute Gasteiger partial charge is 0.378 e. The number of anilines is 1. The summed E-state index contributed by atoms with van der Waals surface area (Å²) in [5, 5.41) is 0.353. The number of sulfone groups is 2. The Morgan fingerprint density at radius 1 is 0.683 bits per heavy atom. The molecule has 1 fully saturated rings. The molecular formula is C26H24Cl3N5O5S2. The minimum absolute atomic E-state index is 0.0160. The molecule has 0 spiro atoms. The first-order valence-corrected chi connectivity index (χ1v) is 16.9. The first-order valence-electron chi connectivity index (χ1n) is 12.0. The predicted molar refractivity (Wildman–Crippen MR) is 159 cm³/mol. The third kappa shape index (κ3) is 8.57. The van der Waals surface area contributed by atoms with Crippen LogP contribution in [0.25, 0.3) is 22.5 Å². The van der Waals surface area contributed by atoms with Crippen LogP contribution in [0.15, 0.2) is 70.5 Å². The van der Waals surface area contributed by atoms with Gasteiger partial charge in [0, 0.05) is 48.9 Å². The maximum Gasteiger partial charge on any atom is 0.224 e. The molecular weight excluding hydrogens is 633 g/mol. The SMILES string of the molecule is CS(=O)(=O)c1cccc(-c2cc(Cl)nc(Cl)n2)c1.CS(=O)(=O)c1cccc(-c2cc(N3CCOCC3)nc(Cl)n2)c1. The van der Waals surface area contributed by atoms with Crippen LogP contribution in [-0.4, -0.2) is 75.6 Å². The van der Waals surface area contributed by atoms with Crippen LogP contribution in [0.2, 0.25) is 15.7 Å². The molecule has 0 aliphatic carbocycles. The smallest absolute Gasteiger partial charge is 0.224 e. The van der Waals surface area contributed by atoms with Gasteiger partial charge in [-0.05, 0) is 47.5 Å². The van der Waals surface area contributed by atoms with Gasteiger partial charge in [-0.3, -0.25) is 0 Å².